The zero-order chi connectivity index (χ0) is 9.80. The zero-order valence-corrected chi connectivity index (χ0v) is 9.31. The molecular formula is C11H16O2S. The maximum Gasteiger partial charge on any atom is 0.225 e. The van der Waals surface area contributed by atoms with Crippen LogP contribution >= 0.6 is 12.3 Å². The molecule has 0 aromatic rings. The highest BCUT2D eigenvalue weighted by Gasteiger charge is 2.17. The molecule has 0 amide bonds. The van der Waals surface area contributed by atoms with Gasteiger partial charge in [-0.2, -0.15) is 0 Å². The van der Waals surface area contributed by atoms with Crippen LogP contribution in [0.4, 0.5) is 0 Å². The number of allylic oxidation sites excluding steroid dienone is 2. The van der Waals surface area contributed by atoms with E-state index >= 15 is 0 Å². The quantitative estimate of drug-likeness (QED) is 0.450. The van der Waals surface area contributed by atoms with Crippen LogP contribution in [0.1, 0.15) is 39.0 Å². The molecule has 2 aliphatic rings. The van der Waals surface area contributed by atoms with Gasteiger partial charge in [-0.25, -0.2) is 0 Å². The monoisotopic (exact) mass is 212 g/mol. The summed E-state index contributed by atoms with van der Waals surface area (Å²) in [7, 11) is 0. The molecule has 1 aliphatic carbocycles. The maximum absolute atomic E-state index is 5.43. The Balaban J connectivity index is 2.07. The molecule has 0 radical (unpaired) electrons. The molecular weight excluding hydrogens is 196 g/mol. The van der Waals surface area contributed by atoms with Crippen LogP contribution in [-0.2, 0) is 8.37 Å². The first-order valence-corrected chi connectivity index (χ1v) is 5.87. The minimum Gasteiger partial charge on any atom is -0.405 e. The van der Waals surface area contributed by atoms with Gasteiger partial charge in [0.15, 0.2) is 0 Å². The van der Waals surface area contributed by atoms with Crippen molar-refractivity contribution >= 4 is 12.3 Å². The van der Waals surface area contributed by atoms with Crippen molar-refractivity contribution in [2.45, 2.75) is 45.1 Å². The Kier molecular flexibility index (Phi) is 3.54. The number of rotatable bonds is 0. The lowest BCUT2D eigenvalue weighted by Gasteiger charge is -2.21. The molecule has 0 aromatic carbocycles. The zero-order valence-electron chi connectivity index (χ0n) is 8.49. The molecule has 2 nitrogen and oxygen atoms in total. The van der Waals surface area contributed by atoms with Crippen LogP contribution in [0.5, 0.6) is 0 Å². The van der Waals surface area contributed by atoms with Crippen molar-refractivity contribution in [3.63, 3.8) is 0 Å². The van der Waals surface area contributed by atoms with Gasteiger partial charge in [0.25, 0.3) is 0 Å². The highest BCUT2D eigenvalue weighted by atomic mass is 32.2. The van der Waals surface area contributed by atoms with Crippen molar-refractivity contribution in [2.75, 3.05) is 0 Å². The van der Waals surface area contributed by atoms with Crippen LogP contribution in [-0.4, -0.2) is 6.10 Å². The van der Waals surface area contributed by atoms with E-state index in [2.05, 4.69) is 19.1 Å². The normalized spacial score (nSPS) is 32.2. The van der Waals surface area contributed by atoms with E-state index in [9.17, 15) is 0 Å². The third-order valence-electron chi connectivity index (χ3n) is 2.57. The highest BCUT2D eigenvalue weighted by Crippen LogP contribution is 2.29. The minimum atomic E-state index is 0.207. The van der Waals surface area contributed by atoms with Crippen molar-refractivity contribution in [1.82, 2.24) is 0 Å². The third-order valence-corrected chi connectivity index (χ3v) is 3.18. The van der Waals surface area contributed by atoms with Crippen molar-refractivity contribution < 1.29 is 8.37 Å². The van der Waals surface area contributed by atoms with Crippen LogP contribution in [0, 0.1) is 0 Å². The second-order valence-corrected chi connectivity index (χ2v) is 4.41. The summed E-state index contributed by atoms with van der Waals surface area (Å²) < 4.78 is 10.8. The van der Waals surface area contributed by atoms with Crippen LogP contribution < -0.4 is 0 Å². The lowest BCUT2D eigenvalue weighted by Crippen LogP contribution is -2.12. The van der Waals surface area contributed by atoms with Gasteiger partial charge in [0, 0.05) is 6.42 Å². The molecule has 0 N–H and O–H groups in total. The molecule has 14 heavy (non-hydrogen) atoms. The number of fused-ring (bicyclic) bond motifs is 1. The van der Waals surface area contributed by atoms with Gasteiger partial charge in [0.05, 0.1) is 0 Å². The van der Waals surface area contributed by atoms with Gasteiger partial charge in [0.2, 0.25) is 12.3 Å². The van der Waals surface area contributed by atoms with E-state index < -0.39 is 0 Å². The number of hydrogen-bond acceptors (Lipinski definition) is 3. The molecule has 1 atom stereocenters. The lowest BCUT2D eigenvalue weighted by molar-refractivity contribution is 0.232. The smallest absolute Gasteiger partial charge is 0.225 e. The second kappa shape index (κ2) is 4.89. The summed E-state index contributed by atoms with van der Waals surface area (Å²) in [6.45, 7) is 2.18. The third kappa shape index (κ3) is 2.79. The molecule has 2 rings (SSSR count). The van der Waals surface area contributed by atoms with Gasteiger partial charge in [0.1, 0.15) is 11.9 Å². The van der Waals surface area contributed by atoms with E-state index in [0.29, 0.717) is 0 Å². The Labute approximate surface area is 89.8 Å². The summed E-state index contributed by atoms with van der Waals surface area (Å²) in [5.74, 6) is 1.10. The predicted molar refractivity (Wildman–Crippen MR) is 58.5 cm³/mol. The topological polar surface area (TPSA) is 18.5 Å². The summed E-state index contributed by atoms with van der Waals surface area (Å²) in [4.78, 5) is 0. The van der Waals surface area contributed by atoms with Gasteiger partial charge in [-0.3, -0.25) is 4.18 Å². The molecule has 1 heterocycles. The average Bonchev–Trinajstić information content (AvgIpc) is 2.17. The Hall–Kier alpha value is -0.410. The summed E-state index contributed by atoms with van der Waals surface area (Å²) in [5.41, 5.74) is 1.43. The molecule has 2 bridgehead atoms. The standard InChI is InChI=1S/C11H16O2S/c1-9-5-3-2-4-6-10-8-11(7-9)13-14-12-10/h5,8,11H,2-4,6-7H2,1H3/b9-5+. The predicted octanol–water partition coefficient (Wildman–Crippen LogP) is 3.76. The molecule has 0 aromatic heterocycles. The molecule has 3 heteroatoms. The van der Waals surface area contributed by atoms with Gasteiger partial charge in [-0.15, -0.1) is 0 Å². The largest absolute Gasteiger partial charge is 0.405 e. The first-order valence-electron chi connectivity index (χ1n) is 5.21. The fourth-order valence-corrected chi connectivity index (χ4v) is 2.28. The van der Waals surface area contributed by atoms with Crippen LogP contribution in [0.2, 0.25) is 0 Å². The SMILES string of the molecule is C/C1=C\CCCCC2=CC(C1)OSO2. The Morgan fingerprint density at radius 2 is 2.36 bits per heavy atom. The van der Waals surface area contributed by atoms with Crippen LogP contribution in [0.3, 0.4) is 0 Å². The van der Waals surface area contributed by atoms with Crippen molar-refractivity contribution in [2.24, 2.45) is 0 Å². The summed E-state index contributed by atoms with van der Waals surface area (Å²) >= 11 is 1.13. The molecule has 0 fully saturated rings. The van der Waals surface area contributed by atoms with Gasteiger partial charge < -0.3 is 4.18 Å². The summed E-state index contributed by atoms with van der Waals surface area (Å²) in [6.07, 6.45) is 10.4. The molecule has 0 saturated carbocycles. The average molecular weight is 212 g/mol. The van der Waals surface area contributed by atoms with Gasteiger partial charge >= 0.3 is 0 Å². The fourth-order valence-electron chi connectivity index (χ4n) is 1.79. The Bertz CT molecular complexity index is 258. The maximum atomic E-state index is 5.43. The van der Waals surface area contributed by atoms with E-state index in [1.165, 1.54) is 24.8 Å². The second-order valence-electron chi connectivity index (χ2n) is 3.92. The fraction of sp³-hybridized carbons (Fsp3) is 0.636. The molecule has 1 aliphatic heterocycles. The molecule has 78 valence electrons. The first kappa shape index (κ1) is 10.1. The molecule has 0 spiro atoms. The minimum absolute atomic E-state index is 0.207. The summed E-state index contributed by atoms with van der Waals surface area (Å²) in [5, 5.41) is 0. The van der Waals surface area contributed by atoms with Gasteiger partial charge in [-0.1, -0.05) is 11.6 Å². The first-order chi connectivity index (χ1) is 6.84. The molecule has 0 saturated heterocycles. The van der Waals surface area contributed by atoms with Crippen molar-refractivity contribution in [3.8, 4) is 0 Å². The van der Waals surface area contributed by atoms with Crippen molar-refractivity contribution in [1.29, 1.82) is 0 Å². The van der Waals surface area contributed by atoms with E-state index in [-0.39, 0.29) is 6.10 Å². The highest BCUT2D eigenvalue weighted by molar-refractivity contribution is 7.90. The summed E-state index contributed by atoms with van der Waals surface area (Å²) in [6, 6.07) is 0. The Morgan fingerprint density at radius 1 is 1.43 bits per heavy atom. The van der Waals surface area contributed by atoms with E-state index in [0.717, 1.165) is 30.9 Å². The lowest BCUT2D eigenvalue weighted by atomic mass is 10.0. The van der Waals surface area contributed by atoms with Crippen molar-refractivity contribution in [3.05, 3.63) is 23.5 Å². The van der Waals surface area contributed by atoms with E-state index in [1.807, 2.05) is 0 Å². The number of hydrogen-bond donors (Lipinski definition) is 0. The van der Waals surface area contributed by atoms with E-state index in [4.69, 9.17) is 8.37 Å². The Morgan fingerprint density at radius 3 is 3.29 bits per heavy atom. The van der Waals surface area contributed by atoms with Gasteiger partial charge in [-0.05, 0) is 38.7 Å². The van der Waals surface area contributed by atoms with Crippen LogP contribution in [0.25, 0.3) is 0 Å². The molecule has 1 unspecified atom stereocenters. The van der Waals surface area contributed by atoms with E-state index in [1.54, 1.807) is 0 Å². The van der Waals surface area contributed by atoms with Crippen LogP contribution in [0.15, 0.2) is 23.5 Å².